The molecule has 1 unspecified atom stereocenters. The molecule has 1 atom stereocenters. The molecule has 0 spiro atoms. The van der Waals surface area contributed by atoms with Crippen LogP contribution in [-0.2, 0) is 14.6 Å². The van der Waals surface area contributed by atoms with Gasteiger partial charge in [0.05, 0.1) is 4.90 Å². The molecule has 1 aromatic carbocycles. The monoisotopic (exact) mass is 270 g/mol. The van der Waals surface area contributed by atoms with E-state index in [1.165, 1.54) is 12.1 Å². The first-order valence-corrected chi connectivity index (χ1v) is 7.54. The fourth-order valence-electron chi connectivity index (χ4n) is 1.39. The molecule has 0 fully saturated rings. The lowest BCUT2D eigenvalue weighted by Gasteiger charge is -2.08. The lowest BCUT2D eigenvalue weighted by Crippen LogP contribution is -2.19. The van der Waals surface area contributed by atoms with Gasteiger partial charge < -0.3 is 11.1 Å². The van der Waals surface area contributed by atoms with Crippen molar-refractivity contribution in [2.75, 3.05) is 11.6 Å². The zero-order valence-corrected chi connectivity index (χ0v) is 11.3. The summed E-state index contributed by atoms with van der Waals surface area (Å²) in [5.74, 6) is -0.169. The highest BCUT2D eigenvalue weighted by Crippen LogP contribution is 2.15. The molecule has 0 saturated heterocycles. The molecule has 0 heterocycles. The third-order valence-corrected chi connectivity index (χ3v) is 3.48. The van der Waals surface area contributed by atoms with E-state index in [0.29, 0.717) is 18.5 Å². The molecule has 1 amide bonds. The van der Waals surface area contributed by atoms with Crippen LogP contribution in [0, 0.1) is 0 Å². The number of carbonyl (C=O) groups is 1. The van der Waals surface area contributed by atoms with Gasteiger partial charge in [0.25, 0.3) is 0 Å². The van der Waals surface area contributed by atoms with E-state index in [1.807, 2.05) is 6.92 Å². The molecule has 0 saturated carbocycles. The summed E-state index contributed by atoms with van der Waals surface area (Å²) in [4.78, 5) is 11.7. The molecule has 1 rings (SSSR count). The van der Waals surface area contributed by atoms with Gasteiger partial charge in [-0.1, -0.05) is 6.07 Å². The summed E-state index contributed by atoms with van der Waals surface area (Å²) in [5.41, 5.74) is 6.04. The van der Waals surface area contributed by atoms with Gasteiger partial charge in [0, 0.05) is 24.4 Å². The van der Waals surface area contributed by atoms with Crippen LogP contribution >= 0.6 is 0 Å². The largest absolute Gasteiger partial charge is 0.328 e. The smallest absolute Gasteiger partial charge is 0.224 e. The Morgan fingerprint density at radius 3 is 2.67 bits per heavy atom. The number of hydrogen-bond acceptors (Lipinski definition) is 4. The van der Waals surface area contributed by atoms with Crippen LogP contribution in [0.5, 0.6) is 0 Å². The number of benzene rings is 1. The van der Waals surface area contributed by atoms with Crippen LogP contribution in [0.15, 0.2) is 29.2 Å². The average molecular weight is 270 g/mol. The molecule has 0 aromatic heterocycles. The van der Waals surface area contributed by atoms with E-state index in [-0.39, 0.29) is 16.8 Å². The predicted molar refractivity (Wildman–Crippen MR) is 71.1 cm³/mol. The quantitative estimate of drug-likeness (QED) is 0.840. The zero-order valence-electron chi connectivity index (χ0n) is 10.5. The van der Waals surface area contributed by atoms with Crippen LogP contribution < -0.4 is 11.1 Å². The lowest BCUT2D eigenvalue weighted by atomic mass is 10.2. The molecule has 18 heavy (non-hydrogen) atoms. The Morgan fingerprint density at radius 2 is 2.11 bits per heavy atom. The standard InChI is InChI=1S/C12H18N2O3S/c1-9(13)6-7-12(15)14-10-4-3-5-11(8-10)18(2,16)17/h3-5,8-9H,6-7,13H2,1-2H3,(H,14,15). The Balaban J connectivity index is 2.71. The van der Waals surface area contributed by atoms with Crippen molar-refractivity contribution in [2.24, 2.45) is 5.73 Å². The number of anilines is 1. The summed E-state index contributed by atoms with van der Waals surface area (Å²) in [7, 11) is -3.26. The molecule has 0 radical (unpaired) electrons. The number of nitrogens with one attached hydrogen (secondary N) is 1. The van der Waals surface area contributed by atoms with Crippen LogP contribution in [0.25, 0.3) is 0 Å². The number of hydrogen-bond donors (Lipinski definition) is 2. The van der Waals surface area contributed by atoms with Crippen LogP contribution in [-0.4, -0.2) is 26.6 Å². The van der Waals surface area contributed by atoms with Crippen molar-refractivity contribution in [1.82, 2.24) is 0 Å². The van der Waals surface area contributed by atoms with Gasteiger partial charge in [-0.25, -0.2) is 8.42 Å². The second-order valence-electron chi connectivity index (χ2n) is 4.36. The van der Waals surface area contributed by atoms with Crippen LogP contribution in [0.3, 0.4) is 0 Å². The minimum absolute atomic E-state index is 0.0295. The number of amides is 1. The minimum Gasteiger partial charge on any atom is -0.328 e. The Labute approximate surface area is 107 Å². The van der Waals surface area contributed by atoms with Crippen molar-refractivity contribution in [2.45, 2.75) is 30.7 Å². The summed E-state index contributed by atoms with van der Waals surface area (Å²) in [5, 5.41) is 2.65. The SMILES string of the molecule is CC(N)CCC(=O)Nc1cccc(S(C)(=O)=O)c1. The van der Waals surface area contributed by atoms with Crippen LogP contribution in [0.4, 0.5) is 5.69 Å². The second-order valence-corrected chi connectivity index (χ2v) is 6.38. The van der Waals surface area contributed by atoms with Crippen molar-refractivity contribution in [3.63, 3.8) is 0 Å². The lowest BCUT2D eigenvalue weighted by molar-refractivity contribution is -0.116. The normalized spacial score (nSPS) is 13.1. The van der Waals surface area contributed by atoms with E-state index in [1.54, 1.807) is 12.1 Å². The zero-order chi connectivity index (χ0) is 13.8. The van der Waals surface area contributed by atoms with Crippen molar-refractivity contribution in [1.29, 1.82) is 0 Å². The molecular formula is C12H18N2O3S. The van der Waals surface area contributed by atoms with Gasteiger partial charge in [-0.15, -0.1) is 0 Å². The summed E-state index contributed by atoms with van der Waals surface area (Å²) < 4.78 is 22.7. The fourth-order valence-corrected chi connectivity index (χ4v) is 2.05. The van der Waals surface area contributed by atoms with Crippen molar-refractivity contribution >= 4 is 21.4 Å². The van der Waals surface area contributed by atoms with Crippen molar-refractivity contribution in [3.8, 4) is 0 Å². The van der Waals surface area contributed by atoms with E-state index < -0.39 is 9.84 Å². The summed E-state index contributed by atoms with van der Waals surface area (Å²) in [6.07, 6.45) is 2.04. The molecule has 100 valence electrons. The molecule has 5 nitrogen and oxygen atoms in total. The first-order chi connectivity index (χ1) is 8.29. The summed E-state index contributed by atoms with van der Waals surface area (Å²) in [6, 6.07) is 6.15. The molecule has 0 aliphatic heterocycles. The van der Waals surface area contributed by atoms with E-state index in [0.717, 1.165) is 6.26 Å². The maximum absolute atomic E-state index is 11.6. The van der Waals surface area contributed by atoms with Crippen LogP contribution in [0.2, 0.25) is 0 Å². The van der Waals surface area contributed by atoms with E-state index in [9.17, 15) is 13.2 Å². The fraction of sp³-hybridized carbons (Fsp3) is 0.417. The van der Waals surface area contributed by atoms with Gasteiger partial charge in [-0.05, 0) is 31.5 Å². The Bertz CT molecular complexity index is 524. The van der Waals surface area contributed by atoms with E-state index in [4.69, 9.17) is 5.73 Å². The number of nitrogens with two attached hydrogens (primary N) is 1. The van der Waals surface area contributed by atoms with Gasteiger partial charge >= 0.3 is 0 Å². The average Bonchev–Trinajstić information content (AvgIpc) is 2.25. The van der Waals surface area contributed by atoms with Gasteiger partial charge in [0.1, 0.15) is 0 Å². The first-order valence-electron chi connectivity index (χ1n) is 5.64. The topological polar surface area (TPSA) is 89.3 Å². The maximum atomic E-state index is 11.6. The summed E-state index contributed by atoms with van der Waals surface area (Å²) in [6.45, 7) is 1.83. The molecule has 3 N–H and O–H groups in total. The van der Waals surface area contributed by atoms with Crippen molar-refractivity contribution < 1.29 is 13.2 Å². The highest BCUT2D eigenvalue weighted by Gasteiger charge is 2.09. The van der Waals surface area contributed by atoms with Crippen LogP contribution in [0.1, 0.15) is 19.8 Å². The van der Waals surface area contributed by atoms with Gasteiger partial charge in [-0.3, -0.25) is 4.79 Å². The molecule has 1 aromatic rings. The maximum Gasteiger partial charge on any atom is 0.224 e. The van der Waals surface area contributed by atoms with E-state index >= 15 is 0 Å². The van der Waals surface area contributed by atoms with E-state index in [2.05, 4.69) is 5.32 Å². The molecule has 6 heteroatoms. The highest BCUT2D eigenvalue weighted by molar-refractivity contribution is 7.90. The first kappa shape index (κ1) is 14.7. The molecule has 0 bridgehead atoms. The Kier molecular flexibility index (Phi) is 4.86. The van der Waals surface area contributed by atoms with Crippen molar-refractivity contribution in [3.05, 3.63) is 24.3 Å². The second kappa shape index (κ2) is 5.97. The van der Waals surface area contributed by atoms with Gasteiger partial charge in [-0.2, -0.15) is 0 Å². The van der Waals surface area contributed by atoms with Gasteiger partial charge in [0.15, 0.2) is 9.84 Å². The summed E-state index contributed by atoms with van der Waals surface area (Å²) >= 11 is 0. The number of carbonyl (C=O) groups excluding carboxylic acids is 1. The minimum atomic E-state index is -3.26. The third kappa shape index (κ3) is 4.85. The molecule has 0 aliphatic rings. The molecule has 0 aliphatic carbocycles. The molecular weight excluding hydrogens is 252 g/mol. The highest BCUT2D eigenvalue weighted by atomic mass is 32.2. The van der Waals surface area contributed by atoms with Gasteiger partial charge in [0.2, 0.25) is 5.91 Å². The number of sulfone groups is 1. The third-order valence-electron chi connectivity index (χ3n) is 2.37. The Hall–Kier alpha value is -1.40. The predicted octanol–water partition coefficient (Wildman–Crippen LogP) is 1.16. The number of rotatable bonds is 5. The Morgan fingerprint density at radius 1 is 1.44 bits per heavy atom.